The Bertz CT molecular complexity index is 963. The van der Waals surface area contributed by atoms with Gasteiger partial charge in [0.05, 0.1) is 5.69 Å². The lowest BCUT2D eigenvalue weighted by atomic mass is 10.1. The number of rotatable bonds is 6. The van der Waals surface area contributed by atoms with Gasteiger partial charge in [-0.15, -0.1) is 11.3 Å². The molecule has 1 amide bonds. The molecular formula is C18H13ClF3N3OS. The van der Waals surface area contributed by atoms with Crippen molar-refractivity contribution < 1.29 is 18.0 Å². The Morgan fingerprint density at radius 2 is 1.78 bits per heavy atom. The molecular weight excluding hydrogens is 399 g/mol. The highest BCUT2D eigenvalue weighted by Gasteiger charge is 2.16. The summed E-state index contributed by atoms with van der Waals surface area (Å²) in [5, 5.41) is 8.25. The molecule has 0 spiro atoms. The van der Waals surface area contributed by atoms with Crippen LogP contribution in [0.3, 0.4) is 0 Å². The number of aromatic nitrogens is 1. The number of carbonyl (C=O) groups excluding carboxylic acids is 1. The predicted molar refractivity (Wildman–Crippen MR) is 99.7 cm³/mol. The molecule has 0 bridgehead atoms. The summed E-state index contributed by atoms with van der Waals surface area (Å²) < 4.78 is 40.2. The van der Waals surface area contributed by atoms with Crippen molar-refractivity contribution in [1.82, 2.24) is 10.3 Å². The molecule has 0 saturated carbocycles. The zero-order valence-corrected chi connectivity index (χ0v) is 15.3. The average Bonchev–Trinajstić information content (AvgIpc) is 3.12. The van der Waals surface area contributed by atoms with Gasteiger partial charge < -0.3 is 10.6 Å². The topological polar surface area (TPSA) is 54.0 Å². The fourth-order valence-electron chi connectivity index (χ4n) is 2.25. The summed E-state index contributed by atoms with van der Waals surface area (Å²) in [5.41, 5.74) is 0.572. The van der Waals surface area contributed by atoms with Crippen molar-refractivity contribution in [3.63, 3.8) is 0 Å². The summed E-state index contributed by atoms with van der Waals surface area (Å²) in [5.74, 6) is -4.29. The highest BCUT2D eigenvalue weighted by molar-refractivity contribution is 7.14. The normalized spacial score (nSPS) is 10.7. The maximum Gasteiger partial charge on any atom is 0.251 e. The van der Waals surface area contributed by atoms with Crippen LogP contribution in [0.25, 0.3) is 11.3 Å². The van der Waals surface area contributed by atoms with Crippen LogP contribution in [0.15, 0.2) is 41.8 Å². The number of benzene rings is 2. The van der Waals surface area contributed by atoms with E-state index in [4.69, 9.17) is 11.6 Å². The molecule has 1 aromatic heterocycles. The second-order valence-corrected chi connectivity index (χ2v) is 6.74. The number of carbonyl (C=O) groups is 1. The molecule has 27 heavy (non-hydrogen) atoms. The van der Waals surface area contributed by atoms with Crippen LogP contribution in [0.4, 0.5) is 18.3 Å². The Morgan fingerprint density at radius 1 is 1.04 bits per heavy atom. The van der Waals surface area contributed by atoms with E-state index in [-0.39, 0.29) is 17.2 Å². The van der Waals surface area contributed by atoms with E-state index in [2.05, 4.69) is 15.6 Å². The van der Waals surface area contributed by atoms with E-state index in [0.717, 1.165) is 12.1 Å². The van der Waals surface area contributed by atoms with Crippen molar-refractivity contribution in [2.24, 2.45) is 0 Å². The third-order valence-corrected chi connectivity index (χ3v) is 4.66. The summed E-state index contributed by atoms with van der Waals surface area (Å²) in [7, 11) is 0. The van der Waals surface area contributed by atoms with Gasteiger partial charge >= 0.3 is 0 Å². The van der Waals surface area contributed by atoms with Gasteiger partial charge in [-0.2, -0.15) is 0 Å². The lowest BCUT2D eigenvalue weighted by molar-refractivity contribution is 0.0955. The lowest BCUT2D eigenvalue weighted by Crippen LogP contribution is -2.28. The first kappa shape index (κ1) is 19.2. The first-order chi connectivity index (χ1) is 13.0. The molecule has 0 saturated heterocycles. The summed E-state index contributed by atoms with van der Waals surface area (Å²) in [4.78, 5) is 16.1. The number of nitrogens with zero attached hydrogens (tertiary/aromatic N) is 1. The number of anilines is 1. The smallest absolute Gasteiger partial charge is 0.251 e. The first-order valence-electron chi connectivity index (χ1n) is 7.82. The van der Waals surface area contributed by atoms with E-state index < -0.39 is 17.5 Å². The Morgan fingerprint density at radius 3 is 2.52 bits per heavy atom. The number of hydrogen-bond acceptors (Lipinski definition) is 4. The van der Waals surface area contributed by atoms with Gasteiger partial charge in [-0.1, -0.05) is 11.6 Å². The lowest BCUT2D eigenvalue weighted by Gasteiger charge is -2.06. The number of hydrogen-bond donors (Lipinski definition) is 2. The Balaban J connectivity index is 1.54. The monoisotopic (exact) mass is 411 g/mol. The second-order valence-electron chi connectivity index (χ2n) is 5.45. The maximum atomic E-state index is 13.8. The minimum atomic E-state index is -1.53. The highest BCUT2D eigenvalue weighted by atomic mass is 35.5. The molecule has 0 unspecified atom stereocenters. The molecule has 0 fully saturated rings. The number of amides is 1. The minimum Gasteiger partial charge on any atom is -0.360 e. The van der Waals surface area contributed by atoms with Gasteiger partial charge in [0.2, 0.25) is 0 Å². The molecule has 0 aliphatic carbocycles. The van der Waals surface area contributed by atoms with Gasteiger partial charge in [-0.05, 0) is 36.4 Å². The van der Waals surface area contributed by atoms with Crippen LogP contribution in [0.2, 0.25) is 5.02 Å². The standard InChI is InChI=1S/C18H13ClF3N3OS/c19-11-3-1-10(2-4-11)17(26)23-7-8-24-18-25-14(9-27-18)12-5-6-13(20)16(22)15(12)21/h1-6,9H,7-8H2,(H,23,26)(H,24,25). The Hall–Kier alpha value is -2.58. The van der Waals surface area contributed by atoms with Gasteiger partial charge in [-0.25, -0.2) is 18.2 Å². The number of nitrogens with one attached hydrogen (secondary N) is 2. The second kappa shape index (κ2) is 8.41. The summed E-state index contributed by atoms with van der Waals surface area (Å²) >= 11 is 6.96. The quantitative estimate of drug-likeness (QED) is 0.455. The maximum absolute atomic E-state index is 13.8. The van der Waals surface area contributed by atoms with E-state index >= 15 is 0 Å². The zero-order valence-electron chi connectivity index (χ0n) is 13.7. The minimum absolute atomic E-state index is 0.116. The average molecular weight is 412 g/mol. The van der Waals surface area contributed by atoms with Crippen LogP contribution >= 0.6 is 22.9 Å². The van der Waals surface area contributed by atoms with Crippen LogP contribution in [0.1, 0.15) is 10.4 Å². The van der Waals surface area contributed by atoms with E-state index in [0.29, 0.717) is 28.8 Å². The molecule has 3 aromatic rings. The van der Waals surface area contributed by atoms with Crippen molar-refractivity contribution >= 4 is 34.0 Å². The molecule has 2 aromatic carbocycles. The molecule has 140 valence electrons. The number of halogens is 4. The van der Waals surface area contributed by atoms with Crippen LogP contribution in [0.5, 0.6) is 0 Å². The fourth-order valence-corrected chi connectivity index (χ4v) is 3.12. The van der Waals surface area contributed by atoms with Crippen molar-refractivity contribution in [3.8, 4) is 11.3 Å². The van der Waals surface area contributed by atoms with Gasteiger partial charge in [0.25, 0.3) is 5.91 Å². The van der Waals surface area contributed by atoms with E-state index in [1.54, 1.807) is 24.3 Å². The van der Waals surface area contributed by atoms with Crippen LogP contribution in [-0.4, -0.2) is 24.0 Å². The van der Waals surface area contributed by atoms with Crippen LogP contribution < -0.4 is 10.6 Å². The summed E-state index contributed by atoms with van der Waals surface area (Å²) in [6.45, 7) is 0.711. The molecule has 0 radical (unpaired) electrons. The summed E-state index contributed by atoms with van der Waals surface area (Å²) in [6, 6.07) is 8.49. The highest BCUT2D eigenvalue weighted by Crippen LogP contribution is 2.28. The Labute approximate surface area is 162 Å². The fraction of sp³-hybridized carbons (Fsp3) is 0.111. The SMILES string of the molecule is O=C(NCCNc1nc(-c2ccc(F)c(F)c2F)cs1)c1ccc(Cl)cc1. The molecule has 9 heteroatoms. The van der Waals surface area contributed by atoms with Crippen molar-refractivity contribution in [1.29, 1.82) is 0 Å². The van der Waals surface area contributed by atoms with Crippen molar-refractivity contribution in [2.45, 2.75) is 0 Å². The molecule has 0 aliphatic rings. The summed E-state index contributed by atoms with van der Waals surface area (Å²) in [6.07, 6.45) is 0. The Kier molecular flexibility index (Phi) is 5.98. The molecule has 4 nitrogen and oxygen atoms in total. The molecule has 0 aliphatic heterocycles. The largest absolute Gasteiger partial charge is 0.360 e. The molecule has 1 heterocycles. The van der Waals surface area contributed by atoms with Crippen LogP contribution in [-0.2, 0) is 0 Å². The molecule has 3 rings (SSSR count). The van der Waals surface area contributed by atoms with Crippen molar-refractivity contribution in [3.05, 3.63) is 69.8 Å². The van der Waals surface area contributed by atoms with Crippen LogP contribution in [0, 0.1) is 17.5 Å². The zero-order chi connectivity index (χ0) is 19.4. The first-order valence-corrected chi connectivity index (χ1v) is 9.08. The van der Waals surface area contributed by atoms with E-state index in [9.17, 15) is 18.0 Å². The van der Waals surface area contributed by atoms with E-state index in [1.807, 2.05) is 0 Å². The molecule has 2 N–H and O–H groups in total. The number of thiazole rings is 1. The van der Waals surface area contributed by atoms with Crippen molar-refractivity contribution in [2.75, 3.05) is 18.4 Å². The van der Waals surface area contributed by atoms with Gasteiger partial charge in [-0.3, -0.25) is 4.79 Å². The third-order valence-electron chi connectivity index (χ3n) is 3.61. The molecule has 0 atom stereocenters. The third kappa shape index (κ3) is 4.58. The van der Waals surface area contributed by atoms with Gasteiger partial charge in [0, 0.05) is 34.6 Å². The van der Waals surface area contributed by atoms with Gasteiger partial charge in [0.1, 0.15) is 0 Å². The van der Waals surface area contributed by atoms with E-state index in [1.165, 1.54) is 16.7 Å². The van der Waals surface area contributed by atoms with Gasteiger partial charge in [0.15, 0.2) is 22.6 Å². The predicted octanol–water partition coefficient (Wildman–Crippen LogP) is 4.72.